The Balaban J connectivity index is 1.63. The van der Waals surface area contributed by atoms with Gasteiger partial charge in [0.2, 0.25) is 0 Å². The predicted octanol–water partition coefficient (Wildman–Crippen LogP) is 9.18. The van der Waals surface area contributed by atoms with Gasteiger partial charge in [-0.25, -0.2) is 0 Å². The van der Waals surface area contributed by atoms with Crippen molar-refractivity contribution in [2.45, 2.75) is 13.8 Å². The third kappa shape index (κ3) is 3.91. The molecule has 0 amide bonds. The summed E-state index contributed by atoms with van der Waals surface area (Å²) in [4.78, 5) is 15.0. The SMILES string of the molecule is CO/C(C)=C(\C(C)=O)c1ccc(N(c2ccccc2)c2ccc3oc4ccccc4c3c2)c2ccccc12. The highest BCUT2D eigenvalue weighted by Crippen LogP contribution is 2.43. The van der Waals surface area contributed by atoms with Gasteiger partial charge >= 0.3 is 0 Å². The molecular weight excluding hydrogens is 470 g/mol. The highest BCUT2D eigenvalue weighted by molar-refractivity contribution is 6.24. The first-order chi connectivity index (χ1) is 18.6. The molecule has 5 aromatic carbocycles. The molecule has 6 aromatic rings. The second kappa shape index (κ2) is 9.56. The number of ether oxygens (including phenoxy) is 1. The van der Waals surface area contributed by atoms with Crippen molar-refractivity contribution in [1.29, 1.82) is 0 Å². The van der Waals surface area contributed by atoms with E-state index in [4.69, 9.17) is 9.15 Å². The van der Waals surface area contributed by atoms with Crippen molar-refractivity contribution >= 4 is 61.1 Å². The lowest BCUT2D eigenvalue weighted by Gasteiger charge is -2.27. The van der Waals surface area contributed by atoms with Gasteiger partial charge in [-0.2, -0.15) is 0 Å². The summed E-state index contributed by atoms with van der Waals surface area (Å²) in [5.41, 5.74) is 6.25. The third-order valence-corrected chi connectivity index (χ3v) is 7.05. The number of allylic oxidation sites excluding steroid dienone is 2. The van der Waals surface area contributed by atoms with Crippen LogP contribution >= 0.6 is 0 Å². The zero-order valence-corrected chi connectivity index (χ0v) is 21.6. The van der Waals surface area contributed by atoms with Gasteiger partial charge in [0.05, 0.1) is 18.4 Å². The Hall–Kier alpha value is -4.83. The van der Waals surface area contributed by atoms with Gasteiger partial charge in [0.1, 0.15) is 16.9 Å². The highest BCUT2D eigenvalue weighted by atomic mass is 16.5. The van der Waals surface area contributed by atoms with Crippen LogP contribution in [0.4, 0.5) is 17.1 Å². The van der Waals surface area contributed by atoms with Gasteiger partial charge < -0.3 is 14.1 Å². The third-order valence-electron chi connectivity index (χ3n) is 7.05. The maximum absolute atomic E-state index is 12.7. The molecule has 1 heterocycles. The molecule has 0 saturated heterocycles. The van der Waals surface area contributed by atoms with E-state index in [9.17, 15) is 4.79 Å². The Kier molecular flexibility index (Phi) is 5.93. The summed E-state index contributed by atoms with van der Waals surface area (Å²) in [5, 5.41) is 4.18. The van der Waals surface area contributed by atoms with E-state index >= 15 is 0 Å². The Bertz CT molecular complexity index is 1850. The van der Waals surface area contributed by atoms with Crippen molar-refractivity contribution in [1.82, 2.24) is 0 Å². The summed E-state index contributed by atoms with van der Waals surface area (Å²) in [6.07, 6.45) is 0. The Labute approximate surface area is 221 Å². The van der Waals surface area contributed by atoms with E-state index in [1.165, 1.54) is 0 Å². The molecule has 0 aliphatic heterocycles. The van der Waals surface area contributed by atoms with Crippen LogP contribution in [0.5, 0.6) is 0 Å². The average molecular weight is 498 g/mol. The summed E-state index contributed by atoms with van der Waals surface area (Å²) in [5.74, 6) is 0.576. The molecular formula is C34H27NO3. The number of methoxy groups -OCH3 is 1. The molecule has 0 fully saturated rings. The standard InChI is InChI=1S/C34H27NO3/c1-22(36)34(23(2)37-3)29-18-19-31(27-14-8-7-13-26(27)29)35(24-11-5-4-6-12-24)25-17-20-33-30(21-25)28-15-9-10-16-32(28)38-33/h4-21H,1-3H3/b34-23+. The van der Waals surface area contributed by atoms with E-state index in [0.717, 1.165) is 55.3 Å². The van der Waals surface area contributed by atoms with Crippen molar-refractivity contribution < 1.29 is 13.9 Å². The zero-order valence-electron chi connectivity index (χ0n) is 21.6. The summed E-state index contributed by atoms with van der Waals surface area (Å²) >= 11 is 0. The molecule has 0 aliphatic rings. The van der Waals surface area contributed by atoms with Gasteiger partial charge in [0.25, 0.3) is 0 Å². The highest BCUT2D eigenvalue weighted by Gasteiger charge is 2.21. The number of rotatable bonds is 6. The maximum Gasteiger partial charge on any atom is 0.163 e. The summed E-state index contributed by atoms with van der Waals surface area (Å²) in [6, 6.07) is 37.1. The van der Waals surface area contributed by atoms with E-state index in [1.54, 1.807) is 14.0 Å². The molecule has 4 nitrogen and oxygen atoms in total. The van der Waals surface area contributed by atoms with Crippen molar-refractivity contribution in [2.24, 2.45) is 0 Å². The van der Waals surface area contributed by atoms with Crippen molar-refractivity contribution in [3.63, 3.8) is 0 Å². The molecule has 0 radical (unpaired) electrons. The minimum absolute atomic E-state index is 0.0283. The first kappa shape index (κ1) is 23.6. The largest absolute Gasteiger partial charge is 0.501 e. The lowest BCUT2D eigenvalue weighted by Crippen LogP contribution is -2.11. The predicted molar refractivity (Wildman–Crippen MR) is 156 cm³/mol. The van der Waals surface area contributed by atoms with Crippen LogP contribution in [0.1, 0.15) is 19.4 Å². The van der Waals surface area contributed by atoms with Crippen LogP contribution in [0.25, 0.3) is 38.3 Å². The van der Waals surface area contributed by atoms with Gasteiger partial charge in [-0.15, -0.1) is 0 Å². The fourth-order valence-corrected chi connectivity index (χ4v) is 5.28. The van der Waals surface area contributed by atoms with Gasteiger partial charge in [0.15, 0.2) is 5.78 Å². The summed E-state index contributed by atoms with van der Waals surface area (Å²) < 4.78 is 11.6. The average Bonchev–Trinajstić information content (AvgIpc) is 3.32. The van der Waals surface area contributed by atoms with Crippen molar-refractivity contribution in [3.05, 3.63) is 121 Å². The number of fused-ring (bicyclic) bond motifs is 4. The Morgan fingerprint density at radius 2 is 1.32 bits per heavy atom. The smallest absolute Gasteiger partial charge is 0.163 e. The number of nitrogens with zero attached hydrogens (tertiary/aromatic N) is 1. The summed E-state index contributed by atoms with van der Waals surface area (Å²) in [7, 11) is 1.60. The minimum Gasteiger partial charge on any atom is -0.501 e. The van der Waals surface area contributed by atoms with Gasteiger partial charge in [-0.3, -0.25) is 4.79 Å². The number of Topliss-reactive ketones (excluding diaryl/α,β-unsaturated/α-hetero) is 1. The Morgan fingerprint density at radius 1 is 0.658 bits per heavy atom. The Morgan fingerprint density at radius 3 is 2.05 bits per heavy atom. The van der Waals surface area contributed by atoms with Crippen LogP contribution in [0, 0.1) is 0 Å². The molecule has 38 heavy (non-hydrogen) atoms. The van der Waals surface area contributed by atoms with Crippen LogP contribution in [0.15, 0.2) is 119 Å². The molecule has 1 aromatic heterocycles. The van der Waals surface area contributed by atoms with Crippen LogP contribution in [0.3, 0.4) is 0 Å². The van der Waals surface area contributed by atoms with E-state index in [1.807, 2.05) is 67.6 Å². The molecule has 0 atom stereocenters. The first-order valence-electron chi connectivity index (χ1n) is 12.6. The van der Waals surface area contributed by atoms with E-state index in [-0.39, 0.29) is 5.78 Å². The number of benzene rings is 5. The second-order valence-corrected chi connectivity index (χ2v) is 9.32. The monoisotopic (exact) mass is 497 g/mol. The zero-order chi connectivity index (χ0) is 26.2. The van der Waals surface area contributed by atoms with Crippen molar-refractivity contribution in [2.75, 3.05) is 12.0 Å². The van der Waals surface area contributed by atoms with Crippen LogP contribution in [-0.4, -0.2) is 12.9 Å². The topological polar surface area (TPSA) is 42.7 Å². The molecule has 0 spiro atoms. The number of hydrogen-bond donors (Lipinski definition) is 0. The van der Waals surface area contributed by atoms with Gasteiger partial charge in [0, 0.05) is 27.5 Å². The maximum atomic E-state index is 12.7. The number of carbonyl (C=O) groups is 1. The van der Waals surface area contributed by atoms with Crippen molar-refractivity contribution in [3.8, 4) is 0 Å². The lowest BCUT2D eigenvalue weighted by atomic mass is 9.93. The van der Waals surface area contributed by atoms with Crippen LogP contribution in [0.2, 0.25) is 0 Å². The fourth-order valence-electron chi connectivity index (χ4n) is 5.28. The molecule has 0 bridgehead atoms. The molecule has 186 valence electrons. The number of para-hydroxylation sites is 2. The minimum atomic E-state index is -0.0283. The molecule has 4 heteroatoms. The van der Waals surface area contributed by atoms with Gasteiger partial charge in [-0.1, -0.05) is 66.7 Å². The normalized spacial score (nSPS) is 12.1. The molecule has 0 saturated carbocycles. The van der Waals surface area contributed by atoms with E-state index in [2.05, 4.69) is 53.4 Å². The molecule has 0 aliphatic carbocycles. The second-order valence-electron chi connectivity index (χ2n) is 9.32. The quantitative estimate of drug-likeness (QED) is 0.170. The molecule has 6 rings (SSSR count). The van der Waals surface area contributed by atoms with E-state index < -0.39 is 0 Å². The number of ketones is 1. The summed E-state index contributed by atoms with van der Waals surface area (Å²) in [6.45, 7) is 3.42. The number of furan rings is 1. The first-order valence-corrected chi connectivity index (χ1v) is 12.6. The fraction of sp³-hybridized carbons (Fsp3) is 0.0882. The lowest BCUT2D eigenvalue weighted by molar-refractivity contribution is -0.111. The number of anilines is 3. The number of hydrogen-bond acceptors (Lipinski definition) is 4. The molecule has 0 N–H and O–H groups in total. The number of carbonyl (C=O) groups excluding carboxylic acids is 1. The molecule has 0 unspecified atom stereocenters. The van der Waals surface area contributed by atoms with E-state index in [0.29, 0.717) is 11.3 Å². The van der Waals surface area contributed by atoms with Crippen LogP contribution < -0.4 is 4.90 Å². The van der Waals surface area contributed by atoms with Gasteiger partial charge in [-0.05, 0) is 67.3 Å². The van der Waals surface area contributed by atoms with Crippen LogP contribution in [-0.2, 0) is 9.53 Å².